The van der Waals surface area contributed by atoms with Crippen molar-refractivity contribution in [3.8, 4) is 5.75 Å². The van der Waals surface area contributed by atoms with E-state index in [4.69, 9.17) is 4.74 Å². The Balaban J connectivity index is 2.51. The molecule has 1 atom stereocenters. The van der Waals surface area contributed by atoms with Crippen LogP contribution in [0.4, 0.5) is 5.69 Å². The van der Waals surface area contributed by atoms with Crippen molar-refractivity contribution in [1.29, 1.82) is 0 Å². The van der Waals surface area contributed by atoms with E-state index >= 15 is 0 Å². The third-order valence-corrected chi connectivity index (χ3v) is 2.29. The molecule has 1 N–H and O–H groups in total. The summed E-state index contributed by atoms with van der Waals surface area (Å²) in [6.07, 6.45) is 4.09. The van der Waals surface area contributed by atoms with Crippen LogP contribution in [0.25, 0.3) is 0 Å². The van der Waals surface area contributed by atoms with Crippen molar-refractivity contribution >= 4 is 5.69 Å². The van der Waals surface area contributed by atoms with E-state index in [1.807, 2.05) is 30.3 Å². The van der Waals surface area contributed by atoms with Crippen LogP contribution in [0.2, 0.25) is 0 Å². The van der Waals surface area contributed by atoms with Crippen molar-refractivity contribution in [1.82, 2.24) is 0 Å². The van der Waals surface area contributed by atoms with Crippen LogP contribution in [-0.2, 0) is 0 Å². The van der Waals surface area contributed by atoms with Gasteiger partial charge in [-0.25, -0.2) is 0 Å². The molecule has 0 heterocycles. The second-order valence-corrected chi connectivity index (χ2v) is 3.64. The Labute approximate surface area is 92.0 Å². The Hall–Kier alpha value is -1.44. The maximum absolute atomic E-state index is 5.16. The van der Waals surface area contributed by atoms with Crippen LogP contribution in [0.5, 0.6) is 5.75 Å². The number of benzene rings is 1. The minimum Gasteiger partial charge on any atom is -0.497 e. The number of methoxy groups -OCH3 is 1. The molecule has 0 amide bonds. The van der Waals surface area contributed by atoms with E-state index in [0.29, 0.717) is 6.04 Å². The summed E-state index contributed by atoms with van der Waals surface area (Å²) in [5.41, 5.74) is 1.10. The fourth-order valence-corrected chi connectivity index (χ4v) is 1.44. The summed E-state index contributed by atoms with van der Waals surface area (Å²) in [7, 11) is 1.68. The van der Waals surface area contributed by atoms with Crippen molar-refractivity contribution < 1.29 is 4.74 Å². The van der Waals surface area contributed by atoms with Gasteiger partial charge in [-0.05, 0) is 31.9 Å². The fraction of sp³-hybridized carbons (Fsp3) is 0.385. The van der Waals surface area contributed by atoms with Crippen LogP contribution in [0, 0.1) is 0 Å². The summed E-state index contributed by atoms with van der Waals surface area (Å²) < 4.78 is 5.16. The first-order valence-electron chi connectivity index (χ1n) is 5.27. The molecule has 0 bridgehead atoms. The molecule has 0 saturated carbocycles. The first-order chi connectivity index (χ1) is 7.26. The number of allylic oxidation sites excluding steroid dienone is 1. The van der Waals surface area contributed by atoms with Crippen molar-refractivity contribution in [3.05, 3.63) is 36.9 Å². The monoisotopic (exact) mass is 205 g/mol. The average Bonchev–Trinajstić information content (AvgIpc) is 2.26. The predicted octanol–water partition coefficient (Wildman–Crippen LogP) is 3.46. The highest BCUT2D eigenvalue weighted by atomic mass is 16.5. The lowest BCUT2D eigenvalue weighted by Gasteiger charge is -2.14. The summed E-state index contributed by atoms with van der Waals surface area (Å²) in [4.78, 5) is 0. The Bertz CT molecular complexity index is 309. The Kier molecular flexibility index (Phi) is 4.75. The minimum atomic E-state index is 0.454. The van der Waals surface area contributed by atoms with E-state index in [1.54, 1.807) is 7.11 Å². The molecule has 0 aliphatic carbocycles. The van der Waals surface area contributed by atoms with E-state index < -0.39 is 0 Å². The molecular formula is C13H19NO. The Morgan fingerprint density at radius 2 is 2.33 bits per heavy atom. The summed E-state index contributed by atoms with van der Waals surface area (Å²) in [6, 6.07) is 8.44. The molecule has 82 valence electrons. The van der Waals surface area contributed by atoms with Crippen LogP contribution < -0.4 is 10.1 Å². The largest absolute Gasteiger partial charge is 0.497 e. The van der Waals surface area contributed by atoms with Gasteiger partial charge in [-0.3, -0.25) is 0 Å². The van der Waals surface area contributed by atoms with Crippen LogP contribution in [0.1, 0.15) is 19.8 Å². The summed E-state index contributed by atoms with van der Waals surface area (Å²) in [5.74, 6) is 0.885. The highest BCUT2D eigenvalue weighted by Crippen LogP contribution is 2.18. The Morgan fingerprint density at radius 1 is 1.53 bits per heavy atom. The van der Waals surface area contributed by atoms with Gasteiger partial charge in [0, 0.05) is 17.8 Å². The highest BCUT2D eigenvalue weighted by molar-refractivity contribution is 5.48. The van der Waals surface area contributed by atoms with Crippen LogP contribution in [0.3, 0.4) is 0 Å². The molecule has 1 aromatic carbocycles. The van der Waals surface area contributed by atoms with Crippen molar-refractivity contribution in [2.45, 2.75) is 25.8 Å². The molecule has 0 saturated heterocycles. The number of ether oxygens (including phenoxy) is 1. The van der Waals surface area contributed by atoms with E-state index in [-0.39, 0.29) is 0 Å². The molecular weight excluding hydrogens is 186 g/mol. The number of hydrogen-bond acceptors (Lipinski definition) is 2. The molecule has 0 radical (unpaired) electrons. The van der Waals surface area contributed by atoms with Gasteiger partial charge in [-0.2, -0.15) is 0 Å². The minimum absolute atomic E-state index is 0.454. The summed E-state index contributed by atoms with van der Waals surface area (Å²) >= 11 is 0. The third-order valence-electron chi connectivity index (χ3n) is 2.29. The molecule has 1 rings (SSSR count). The fourth-order valence-electron chi connectivity index (χ4n) is 1.44. The van der Waals surface area contributed by atoms with Gasteiger partial charge < -0.3 is 10.1 Å². The van der Waals surface area contributed by atoms with Crippen LogP contribution in [0.15, 0.2) is 36.9 Å². The molecule has 15 heavy (non-hydrogen) atoms. The molecule has 0 aromatic heterocycles. The normalized spacial score (nSPS) is 11.9. The molecule has 1 aromatic rings. The van der Waals surface area contributed by atoms with Gasteiger partial charge in [-0.15, -0.1) is 6.58 Å². The number of nitrogens with one attached hydrogen (secondary N) is 1. The zero-order valence-electron chi connectivity index (χ0n) is 9.49. The molecule has 2 heteroatoms. The topological polar surface area (TPSA) is 21.3 Å². The first-order valence-corrected chi connectivity index (χ1v) is 5.27. The number of anilines is 1. The van der Waals surface area contributed by atoms with Gasteiger partial charge in [0.25, 0.3) is 0 Å². The third kappa shape index (κ3) is 4.07. The standard InChI is InChI=1S/C13H19NO/c1-4-5-7-11(2)14-12-8-6-9-13(10-12)15-3/h4,6,8-11,14H,1,5,7H2,2-3H3/t11-/m1/s1. The molecule has 0 fully saturated rings. The smallest absolute Gasteiger partial charge is 0.120 e. The lowest BCUT2D eigenvalue weighted by atomic mass is 10.1. The maximum atomic E-state index is 5.16. The van der Waals surface area contributed by atoms with Gasteiger partial charge in [0.05, 0.1) is 7.11 Å². The summed E-state index contributed by atoms with van der Waals surface area (Å²) in [5, 5.41) is 3.42. The van der Waals surface area contributed by atoms with E-state index in [2.05, 4.69) is 18.8 Å². The molecule has 0 aliphatic heterocycles. The average molecular weight is 205 g/mol. The van der Waals surface area contributed by atoms with Gasteiger partial charge >= 0.3 is 0 Å². The quantitative estimate of drug-likeness (QED) is 0.718. The zero-order valence-corrected chi connectivity index (χ0v) is 9.49. The van der Waals surface area contributed by atoms with E-state index in [9.17, 15) is 0 Å². The summed E-state index contributed by atoms with van der Waals surface area (Å²) in [6.45, 7) is 5.89. The van der Waals surface area contributed by atoms with Gasteiger partial charge in [0.1, 0.15) is 5.75 Å². The van der Waals surface area contributed by atoms with Crippen molar-refractivity contribution in [2.75, 3.05) is 12.4 Å². The van der Waals surface area contributed by atoms with Gasteiger partial charge in [0.2, 0.25) is 0 Å². The lowest BCUT2D eigenvalue weighted by Crippen LogP contribution is -2.14. The second-order valence-electron chi connectivity index (χ2n) is 3.64. The molecule has 0 unspecified atom stereocenters. The van der Waals surface area contributed by atoms with E-state index in [1.165, 1.54) is 0 Å². The lowest BCUT2D eigenvalue weighted by molar-refractivity contribution is 0.415. The highest BCUT2D eigenvalue weighted by Gasteiger charge is 2.01. The predicted molar refractivity (Wildman–Crippen MR) is 65.5 cm³/mol. The SMILES string of the molecule is C=CCC[C@@H](C)Nc1cccc(OC)c1. The van der Waals surface area contributed by atoms with Gasteiger partial charge in [0.15, 0.2) is 0 Å². The Morgan fingerprint density at radius 3 is 3.00 bits per heavy atom. The second kappa shape index (κ2) is 6.12. The van der Waals surface area contributed by atoms with Crippen molar-refractivity contribution in [2.24, 2.45) is 0 Å². The number of hydrogen-bond donors (Lipinski definition) is 1. The molecule has 2 nitrogen and oxygen atoms in total. The molecule has 0 spiro atoms. The van der Waals surface area contributed by atoms with Gasteiger partial charge in [-0.1, -0.05) is 12.1 Å². The number of rotatable bonds is 6. The van der Waals surface area contributed by atoms with E-state index in [0.717, 1.165) is 24.3 Å². The zero-order chi connectivity index (χ0) is 11.1. The molecule has 0 aliphatic rings. The first kappa shape index (κ1) is 11.6. The van der Waals surface area contributed by atoms with Crippen molar-refractivity contribution in [3.63, 3.8) is 0 Å². The maximum Gasteiger partial charge on any atom is 0.120 e. The van der Waals surface area contributed by atoms with Crippen LogP contribution >= 0.6 is 0 Å². The van der Waals surface area contributed by atoms with Crippen LogP contribution in [-0.4, -0.2) is 13.2 Å².